The first kappa shape index (κ1) is 31.4. The van der Waals surface area contributed by atoms with Crippen LogP contribution in [0, 0.1) is 0 Å². The first-order valence-electron chi connectivity index (χ1n) is 15.0. The molecule has 0 radical (unpaired) electrons. The third-order valence-corrected chi connectivity index (χ3v) is 10.2. The fourth-order valence-electron chi connectivity index (χ4n) is 5.64. The molecular weight excluding hydrogens is 615 g/mol. The molecule has 6 rings (SSSR count). The van der Waals surface area contributed by atoms with E-state index >= 15 is 0 Å². The van der Waals surface area contributed by atoms with Crippen LogP contribution in [0.1, 0.15) is 11.1 Å². The molecule has 7 nitrogen and oxygen atoms in total. The fourth-order valence-corrected chi connectivity index (χ4v) is 7.55. The molecule has 0 atom stereocenters. The largest absolute Gasteiger partial charge is 0.497 e. The molecule has 0 aliphatic carbocycles. The van der Waals surface area contributed by atoms with Crippen molar-refractivity contribution in [2.24, 2.45) is 0 Å². The predicted octanol–water partition coefficient (Wildman–Crippen LogP) is 7.10. The van der Waals surface area contributed by atoms with Gasteiger partial charge in [0.25, 0.3) is 15.9 Å². The Morgan fingerprint density at radius 1 is 0.761 bits per heavy atom. The lowest BCUT2D eigenvalue weighted by molar-refractivity contribution is -0.119. The van der Waals surface area contributed by atoms with Gasteiger partial charge >= 0.3 is 0 Å². The minimum atomic E-state index is -4.06. The third kappa shape index (κ3) is 7.45. The van der Waals surface area contributed by atoms with Gasteiger partial charge in [-0.05, 0) is 59.7 Å². The summed E-state index contributed by atoms with van der Waals surface area (Å²) in [4.78, 5) is 16.7. The highest BCUT2D eigenvalue weighted by Gasteiger charge is 2.20. The van der Waals surface area contributed by atoms with Gasteiger partial charge in [-0.25, -0.2) is 13.1 Å². The van der Waals surface area contributed by atoms with Crippen LogP contribution < -0.4 is 9.46 Å². The number of carbonyl (C=O) groups excluding carboxylic acids is 1. The zero-order valence-corrected chi connectivity index (χ0v) is 27.1. The molecule has 9 heteroatoms. The van der Waals surface area contributed by atoms with Crippen LogP contribution in [0.25, 0.3) is 21.8 Å². The Labute approximate surface area is 273 Å². The van der Waals surface area contributed by atoms with Crippen molar-refractivity contribution in [3.05, 3.63) is 139 Å². The second-order valence-corrected chi connectivity index (χ2v) is 13.9. The quantitative estimate of drug-likeness (QED) is 0.135. The number of aromatic nitrogens is 1. The zero-order chi connectivity index (χ0) is 31.9. The Morgan fingerprint density at radius 3 is 2.07 bits per heavy atom. The first-order valence-corrected chi connectivity index (χ1v) is 17.5. The number of hydrogen-bond donors (Lipinski definition) is 1. The number of fused-ring (bicyclic) bond motifs is 3. The third-order valence-electron chi connectivity index (χ3n) is 7.83. The van der Waals surface area contributed by atoms with Crippen LogP contribution >= 0.6 is 11.8 Å². The van der Waals surface area contributed by atoms with Gasteiger partial charge in [-0.2, -0.15) is 0 Å². The SMILES string of the molecule is COc1cccc(CN(CCSc2ccccc2)Cc2ccc(S(=O)(=O)NC(=O)Cn3c4ccccc4c4ccccc43)cc2)c1. The summed E-state index contributed by atoms with van der Waals surface area (Å²) >= 11 is 1.80. The number of hydrogen-bond acceptors (Lipinski definition) is 6. The van der Waals surface area contributed by atoms with Crippen molar-refractivity contribution < 1.29 is 17.9 Å². The van der Waals surface area contributed by atoms with Gasteiger partial charge in [-0.1, -0.05) is 78.9 Å². The van der Waals surface area contributed by atoms with E-state index in [-0.39, 0.29) is 11.4 Å². The molecule has 0 fully saturated rings. The number of methoxy groups -OCH3 is 1. The molecule has 1 aromatic heterocycles. The Hall–Kier alpha value is -4.57. The lowest BCUT2D eigenvalue weighted by Gasteiger charge is -2.23. The smallest absolute Gasteiger partial charge is 0.264 e. The first-order chi connectivity index (χ1) is 22.4. The molecular formula is C37H35N3O4S2. The molecule has 1 N–H and O–H groups in total. The van der Waals surface area contributed by atoms with Crippen LogP contribution in [-0.2, 0) is 34.5 Å². The van der Waals surface area contributed by atoms with Gasteiger partial charge in [0, 0.05) is 52.1 Å². The van der Waals surface area contributed by atoms with Crippen LogP contribution in [0.2, 0.25) is 0 Å². The predicted molar refractivity (Wildman–Crippen MR) is 185 cm³/mol. The molecule has 0 unspecified atom stereocenters. The minimum absolute atomic E-state index is 0.0470. The van der Waals surface area contributed by atoms with E-state index in [1.807, 2.05) is 102 Å². The van der Waals surface area contributed by atoms with Crippen molar-refractivity contribution in [2.45, 2.75) is 29.4 Å². The Balaban J connectivity index is 1.14. The van der Waals surface area contributed by atoms with Crippen molar-refractivity contribution in [1.82, 2.24) is 14.2 Å². The lowest BCUT2D eigenvalue weighted by atomic mass is 10.1. The van der Waals surface area contributed by atoms with Crippen molar-refractivity contribution in [3.63, 3.8) is 0 Å². The summed E-state index contributed by atoms with van der Waals surface area (Å²) in [6.07, 6.45) is 0. The molecule has 6 aromatic rings. The molecule has 46 heavy (non-hydrogen) atoms. The number of rotatable bonds is 13. The van der Waals surface area contributed by atoms with Gasteiger partial charge in [-0.3, -0.25) is 9.69 Å². The maximum Gasteiger partial charge on any atom is 0.264 e. The Kier molecular flexibility index (Phi) is 9.73. The summed E-state index contributed by atoms with van der Waals surface area (Å²) < 4.78 is 36.0. The number of thioether (sulfide) groups is 1. The monoisotopic (exact) mass is 649 g/mol. The van der Waals surface area contributed by atoms with Crippen LogP contribution in [0.15, 0.2) is 137 Å². The summed E-state index contributed by atoms with van der Waals surface area (Å²) in [7, 11) is -2.40. The van der Waals surface area contributed by atoms with Crippen LogP contribution in [0.3, 0.4) is 0 Å². The van der Waals surface area contributed by atoms with Crippen LogP contribution in [0.4, 0.5) is 0 Å². The van der Waals surface area contributed by atoms with Crippen molar-refractivity contribution >= 4 is 49.5 Å². The zero-order valence-electron chi connectivity index (χ0n) is 25.5. The number of ether oxygens (including phenoxy) is 1. The lowest BCUT2D eigenvalue weighted by Crippen LogP contribution is -2.33. The highest BCUT2D eigenvalue weighted by molar-refractivity contribution is 7.99. The standard InChI is InChI=1S/C37H35N3O4S2/c1-44-30-11-9-10-29(24-30)26-39(22-23-45-31-12-3-2-4-13-31)25-28-18-20-32(21-19-28)46(42,43)38-37(41)27-40-35-16-7-5-14-33(35)34-15-6-8-17-36(34)40/h2-21,24H,22-23,25-27H2,1H3,(H,38,41). The van der Waals surface area contributed by atoms with E-state index < -0.39 is 15.9 Å². The molecule has 5 aromatic carbocycles. The van der Waals surface area contributed by atoms with Gasteiger partial charge in [0.2, 0.25) is 0 Å². The Morgan fingerprint density at radius 2 is 1.39 bits per heavy atom. The minimum Gasteiger partial charge on any atom is -0.497 e. The highest BCUT2D eigenvalue weighted by Crippen LogP contribution is 2.28. The van der Waals surface area contributed by atoms with Crippen LogP contribution in [-0.4, -0.2) is 43.2 Å². The Bertz CT molecular complexity index is 2010. The molecule has 0 bridgehead atoms. The van der Waals surface area contributed by atoms with Gasteiger partial charge in [0.1, 0.15) is 12.3 Å². The second kappa shape index (κ2) is 14.2. The number of para-hydroxylation sites is 2. The molecule has 0 saturated carbocycles. The van der Waals surface area contributed by atoms with Crippen molar-refractivity contribution in [1.29, 1.82) is 0 Å². The molecule has 0 aliphatic heterocycles. The number of benzene rings is 5. The molecule has 0 spiro atoms. The van der Waals surface area contributed by atoms with E-state index in [1.165, 1.54) is 4.90 Å². The van der Waals surface area contributed by atoms with E-state index in [0.29, 0.717) is 13.1 Å². The fraction of sp³-hybridized carbons (Fsp3) is 0.162. The number of amides is 1. The van der Waals surface area contributed by atoms with E-state index in [1.54, 1.807) is 31.0 Å². The van der Waals surface area contributed by atoms with Crippen LogP contribution in [0.5, 0.6) is 5.75 Å². The molecule has 1 amide bonds. The normalized spacial score (nSPS) is 11.7. The van der Waals surface area contributed by atoms with Crippen molar-refractivity contribution in [2.75, 3.05) is 19.4 Å². The molecule has 0 saturated heterocycles. The number of carbonyl (C=O) groups is 1. The molecule has 1 heterocycles. The topological polar surface area (TPSA) is 80.6 Å². The van der Waals surface area contributed by atoms with E-state index in [0.717, 1.165) is 51.0 Å². The van der Waals surface area contributed by atoms with Gasteiger partial charge in [-0.15, -0.1) is 11.8 Å². The number of sulfonamides is 1. The average molecular weight is 650 g/mol. The summed E-state index contributed by atoms with van der Waals surface area (Å²) in [6.45, 7) is 2.06. The summed E-state index contributed by atoms with van der Waals surface area (Å²) in [5, 5.41) is 2.03. The second-order valence-electron chi connectivity index (χ2n) is 11.0. The molecule has 0 aliphatic rings. The van der Waals surface area contributed by atoms with E-state index in [9.17, 15) is 13.2 Å². The van der Waals surface area contributed by atoms with Crippen molar-refractivity contribution in [3.8, 4) is 5.75 Å². The maximum atomic E-state index is 13.2. The number of nitrogens with zero attached hydrogens (tertiary/aromatic N) is 2. The van der Waals surface area contributed by atoms with Gasteiger partial charge in [0.15, 0.2) is 0 Å². The van der Waals surface area contributed by atoms with Gasteiger partial charge < -0.3 is 9.30 Å². The molecule has 234 valence electrons. The summed E-state index contributed by atoms with van der Waals surface area (Å²) in [5.74, 6) is 1.11. The average Bonchev–Trinajstić information content (AvgIpc) is 3.38. The van der Waals surface area contributed by atoms with E-state index in [4.69, 9.17) is 4.74 Å². The summed E-state index contributed by atoms with van der Waals surface area (Å²) in [5.41, 5.74) is 3.86. The number of nitrogens with one attached hydrogen (secondary N) is 1. The highest BCUT2D eigenvalue weighted by atomic mass is 32.2. The van der Waals surface area contributed by atoms with E-state index in [2.05, 4.69) is 27.8 Å². The van der Waals surface area contributed by atoms with Gasteiger partial charge in [0.05, 0.1) is 12.0 Å². The maximum absolute atomic E-state index is 13.2. The summed E-state index contributed by atoms with van der Waals surface area (Å²) in [6, 6.07) is 40.7.